The van der Waals surface area contributed by atoms with Gasteiger partial charge in [0.05, 0.1) is 11.4 Å². The van der Waals surface area contributed by atoms with Crippen LogP contribution >= 0.6 is 11.3 Å². The Kier molecular flexibility index (Phi) is 7.55. The summed E-state index contributed by atoms with van der Waals surface area (Å²) in [5, 5.41) is 12.7. The Morgan fingerprint density at radius 3 is 1.27 bits per heavy atom. The Bertz CT molecular complexity index is 3190. The van der Waals surface area contributed by atoms with Crippen LogP contribution in [0.2, 0.25) is 0 Å². The highest BCUT2D eigenvalue weighted by Gasteiger charge is 2.21. The van der Waals surface area contributed by atoms with E-state index in [0.29, 0.717) is 0 Å². The molecule has 0 bridgehead atoms. The second-order valence-electron chi connectivity index (χ2n) is 14.9. The molecule has 0 saturated carbocycles. The van der Waals surface area contributed by atoms with E-state index in [1.807, 2.05) is 11.3 Å². The van der Waals surface area contributed by atoms with Crippen molar-refractivity contribution >= 4 is 91.7 Å². The van der Waals surface area contributed by atoms with Crippen molar-refractivity contribution in [1.82, 2.24) is 0 Å². The van der Waals surface area contributed by atoms with Gasteiger partial charge >= 0.3 is 0 Å². The van der Waals surface area contributed by atoms with Crippen molar-refractivity contribution < 1.29 is 0 Å². The third kappa shape index (κ3) is 5.07. The summed E-state index contributed by atoms with van der Waals surface area (Å²) in [5.41, 5.74) is 11.0. The van der Waals surface area contributed by atoms with Gasteiger partial charge in [-0.1, -0.05) is 152 Å². The first-order valence-corrected chi connectivity index (χ1v) is 20.2. The molecule has 11 aromatic rings. The van der Waals surface area contributed by atoms with Gasteiger partial charge in [0, 0.05) is 36.6 Å². The Labute approximate surface area is 330 Å². The SMILES string of the molecule is Cc1ccc(N(c2ccc(-c3c4ccccc4c(-c4ccc5c(c4)sc4ccccc45)c4ccccc34)cc2)c2ccc(C)c3ccccc23)c2ccccc12. The Morgan fingerprint density at radius 1 is 0.321 bits per heavy atom. The first kappa shape index (κ1) is 32.7. The van der Waals surface area contributed by atoms with E-state index in [0.717, 1.165) is 5.69 Å². The number of hydrogen-bond acceptors (Lipinski definition) is 2. The maximum absolute atomic E-state index is 2.46. The van der Waals surface area contributed by atoms with Crippen molar-refractivity contribution in [3.05, 3.63) is 199 Å². The third-order valence-electron chi connectivity index (χ3n) is 11.7. The molecule has 0 unspecified atom stereocenters. The summed E-state index contributed by atoms with van der Waals surface area (Å²) in [5.74, 6) is 0. The zero-order chi connectivity index (χ0) is 37.3. The highest BCUT2D eigenvalue weighted by molar-refractivity contribution is 7.25. The van der Waals surface area contributed by atoms with Crippen LogP contribution in [-0.2, 0) is 0 Å². The fourth-order valence-corrected chi connectivity index (χ4v) is 10.2. The summed E-state index contributed by atoms with van der Waals surface area (Å²) in [6.45, 7) is 4.41. The van der Waals surface area contributed by atoms with E-state index >= 15 is 0 Å². The summed E-state index contributed by atoms with van der Waals surface area (Å²) in [6, 6.07) is 69.7. The minimum absolute atomic E-state index is 1.12. The molecular formula is C54H37NS. The molecule has 1 heterocycles. The quantitative estimate of drug-likeness (QED) is 0.159. The van der Waals surface area contributed by atoms with E-state index in [2.05, 4.69) is 207 Å². The van der Waals surface area contributed by atoms with Crippen molar-refractivity contribution in [3.63, 3.8) is 0 Å². The number of rotatable bonds is 5. The molecule has 0 aliphatic heterocycles. The largest absolute Gasteiger partial charge is 0.309 e. The number of benzene rings is 10. The van der Waals surface area contributed by atoms with Gasteiger partial charge in [-0.05, 0) is 116 Å². The van der Waals surface area contributed by atoms with Gasteiger partial charge in [-0.15, -0.1) is 11.3 Å². The second-order valence-corrected chi connectivity index (χ2v) is 16.0. The zero-order valence-electron chi connectivity index (χ0n) is 31.3. The van der Waals surface area contributed by atoms with Crippen LogP contribution < -0.4 is 4.90 Å². The van der Waals surface area contributed by atoms with Crippen molar-refractivity contribution in [3.8, 4) is 22.3 Å². The van der Waals surface area contributed by atoms with E-state index in [-0.39, 0.29) is 0 Å². The number of anilines is 3. The number of fused-ring (bicyclic) bond motifs is 7. The molecule has 0 aliphatic carbocycles. The van der Waals surface area contributed by atoms with Crippen LogP contribution in [0.3, 0.4) is 0 Å². The van der Waals surface area contributed by atoms with E-state index in [1.54, 1.807) is 0 Å². The van der Waals surface area contributed by atoms with Crippen molar-refractivity contribution in [2.75, 3.05) is 4.90 Å². The minimum atomic E-state index is 1.12. The van der Waals surface area contributed by atoms with Crippen molar-refractivity contribution in [2.24, 2.45) is 0 Å². The number of thiophene rings is 1. The zero-order valence-corrected chi connectivity index (χ0v) is 32.1. The van der Waals surface area contributed by atoms with E-state index in [9.17, 15) is 0 Å². The summed E-state index contributed by atoms with van der Waals surface area (Å²) >= 11 is 1.88. The van der Waals surface area contributed by atoms with Gasteiger partial charge in [0.1, 0.15) is 0 Å². The summed E-state index contributed by atoms with van der Waals surface area (Å²) < 4.78 is 2.65. The molecule has 0 atom stereocenters. The molecule has 0 spiro atoms. The maximum atomic E-state index is 2.46. The Hall–Kier alpha value is -6.74. The van der Waals surface area contributed by atoms with Crippen LogP contribution in [0.4, 0.5) is 17.1 Å². The fraction of sp³-hybridized carbons (Fsp3) is 0.0370. The van der Waals surface area contributed by atoms with Crippen LogP contribution in [0.25, 0.3) is 85.5 Å². The molecule has 2 heteroatoms. The number of hydrogen-bond donors (Lipinski definition) is 0. The lowest BCUT2D eigenvalue weighted by molar-refractivity contribution is 1.30. The maximum Gasteiger partial charge on any atom is 0.0540 e. The molecule has 11 rings (SSSR count). The molecule has 1 aromatic heterocycles. The first-order valence-electron chi connectivity index (χ1n) is 19.3. The molecule has 10 aromatic carbocycles. The average Bonchev–Trinajstić information content (AvgIpc) is 3.63. The van der Waals surface area contributed by atoms with Crippen LogP contribution in [0, 0.1) is 13.8 Å². The van der Waals surface area contributed by atoms with Gasteiger partial charge in [-0.25, -0.2) is 0 Å². The predicted molar refractivity (Wildman–Crippen MR) is 244 cm³/mol. The van der Waals surface area contributed by atoms with Gasteiger partial charge < -0.3 is 4.90 Å². The lowest BCUT2D eigenvalue weighted by Crippen LogP contribution is -2.11. The van der Waals surface area contributed by atoms with E-state index in [1.165, 1.54) is 108 Å². The van der Waals surface area contributed by atoms with Gasteiger partial charge in [-0.3, -0.25) is 0 Å². The normalized spacial score (nSPS) is 11.8. The van der Waals surface area contributed by atoms with Gasteiger partial charge in [0.25, 0.3) is 0 Å². The molecular weight excluding hydrogens is 695 g/mol. The molecule has 1 nitrogen and oxygen atoms in total. The molecule has 56 heavy (non-hydrogen) atoms. The lowest BCUT2D eigenvalue weighted by Gasteiger charge is -2.29. The van der Waals surface area contributed by atoms with Gasteiger partial charge in [0.2, 0.25) is 0 Å². The first-order chi connectivity index (χ1) is 27.6. The van der Waals surface area contributed by atoms with Crippen LogP contribution in [0.15, 0.2) is 188 Å². The van der Waals surface area contributed by atoms with Gasteiger partial charge in [0.15, 0.2) is 0 Å². The molecule has 0 fully saturated rings. The molecule has 0 amide bonds. The third-order valence-corrected chi connectivity index (χ3v) is 12.9. The standard InChI is InChI=1S/C54H37NS/c1-34-23-31-49(41-15-5-3-13-39(34)41)55(50-32-24-35(2)40-14-4-6-16-42(40)50)38-28-25-36(26-29-38)53-45-18-7-9-20-47(45)54(48-21-10-8-19-46(48)53)37-27-30-44-43-17-11-12-22-51(43)56-52(44)33-37/h3-33H,1-2H3. The predicted octanol–water partition coefficient (Wildman–Crippen LogP) is 16.1. The van der Waals surface area contributed by atoms with Crippen LogP contribution in [0.1, 0.15) is 11.1 Å². The van der Waals surface area contributed by atoms with E-state index < -0.39 is 0 Å². The van der Waals surface area contributed by atoms with Crippen LogP contribution in [0.5, 0.6) is 0 Å². The monoisotopic (exact) mass is 731 g/mol. The van der Waals surface area contributed by atoms with Crippen molar-refractivity contribution in [2.45, 2.75) is 13.8 Å². The Morgan fingerprint density at radius 2 is 0.732 bits per heavy atom. The molecule has 0 N–H and O–H groups in total. The van der Waals surface area contributed by atoms with Crippen LogP contribution in [-0.4, -0.2) is 0 Å². The molecule has 0 saturated heterocycles. The highest BCUT2D eigenvalue weighted by Crippen LogP contribution is 2.47. The molecule has 264 valence electrons. The summed E-state index contributed by atoms with van der Waals surface area (Å²) in [6.07, 6.45) is 0. The summed E-state index contributed by atoms with van der Waals surface area (Å²) in [7, 11) is 0. The minimum Gasteiger partial charge on any atom is -0.309 e. The van der Waals surface area contributed by atoms with E-state index in [4.69, 9.17) is 0 Å². The smallest absolute Gasteiger partial charge is 0.0540 e. The number of nitrogens with zero attached hydrogens (tertiary/aromatic N) is 1. The number of aryl methyl sites for hydroxylation is 2. The van der Waals surface area contributed by atoms with Gasteiger partial charge in [-0.2, -0.15) is 0 Å². The van der Waals surface area contributed by atoms with Crippen molar-refractivity contribution in [1.29, 1.82) is 0 Å². The summed E-state index contributed by atoms with van der Waals surface area (Å²) in [4.78, 5) is 2.46. The fourth-order valence-electron chi connectivity index (χ4n) is 9.07. The highest BCUT2D eigenvalue weighted by atomic mass is 32.1. The molecule has 0 aliphatic rings. The lowest BCUT2D eigenvalue weighted by atomic mass is 9.86. The second kappa shape index (κ2) is 12.9. The Balaban J connectivity index is 1.11. The molecule has 0 radical (unpaired) electrons. The topological polar surface area (TPSA) is 3.24 Å². The average molecular weight is 732 g/mol.